The lowest BCUT2D eigenvalue weighted by atomic mass is 9.91. The van der Waals surface area contributed by atoms with Crippen LogP contribution < -0.4 is 0 Å². The largest absolute Gasteiger partial charge is 0.387 e. The Morgan fingerprint density at radius 2 is 1.95 bits per heavy atom. The van der Waals surface area contributed by atoms with Gasteiger partial charge in [0, 0.05) is 19.1 Å². The number of benzene rings is 1. The van der Waals surface area contributed by atoms with Crippen LogP contribution in [0.4, 0.5) is 0 Å². The molecule has 1 saturated heterocycles. The topological polar surface area (TPSA) is 32.7 Å². The summed E-state index contributed by atoms with van der Waals surface area (Å²) in [7, 11) is 0. The molecule has 0 spiro atoms. The van der Waals surface area contributed by atoms with Crippen molar-refractivity contribution in [3.05, 3.63) is 35.9 Å². The normalized spacial score (nSPS) is 24.4. The SMILES string of the molecule is CC1CN(C(C(C)C)C(O)c2ccccc2)CCO1. The zero-order valence-electron chi connectivity index (χ0n) is 12.1. The molecule has 3 atom stereocenters. The molecule has 1 fully saturated rings. The van der Waals surface area contributed by atoms with Crippen LogP contribution in [0.5, 0.6) is 0 Å². The summed E-state index contributed by atoms with van der Waals surface area (Å²) in [6.07, 6.45) is -0.190. The molecular weight excluding hydrogens is 238 g/mol. The van der Waals surface area contributed by atoms with E-state index in [4.69, 9.17) is 4.74 Å². The Bertz CT molecular complexity index is 380. The van der Waals surface area contributed by atoms with Crippen LogP contribution in [0, 0.1) is 5.92 Å². The number of rotatable bonds is 4. The molecule has 1 aromatic rings. The smallest absolute Gasteiger partial charge is 0.0947 e. The molecule has 1 heterocycles. The molecule has 0 aromatic heterocycles. The molecule has 1 aliphatic heterocycles. The van der Waals surface area contributed by atoms with Crippen molar-refractivity contribution in [1.82, 2.24) is 4.90 Å². The number of aliphatic hydroxyl groups is 1. The highest BCUT2D eigenvalue weighted by atomic mass is 16.5. The van der Waals surface area contributed by atoms with E-state index in [-0.39, 0.29) is 12.1 Å². The standard InChI is InChI=1S/C16H25NO2/c1-12(2)15(17-9-10-19-13(3)11-17)16(18)14-7-5-4-6-8-14/h4-8,12-13,15-16,18H,9-11H2,1-3H3. The van der Waals surface area contributed by atoms with E-state index in [9.17, 15) is 5.11 Å². The molecule has 3 nitrogen and oxygen atoms in total. The second-order valence-corrected chi connectivity index (χ2v) is 5.77. The van der Waals surface area contributed by atoms with Gasteiger partial charge in [0.25, 0.3) is 0 Å². The first-order valence-corrected chi connectivity index (χ1v) is 7.18. The Morgan fingerprint density at radius 3 is 2.53 bits per heavy atom. The van der Waals surface area contributed by atoms with E-state index >= 15 is 0 Å². The van der Waals surface area contributed by atoms with Gasteiger partial charge in [-0.3, -0.25) is 4.90 Å². The first-order valence-electron chi connectivity index (χ1n) is 7.18. The van der Waals surface area contributed by atoms with E-state index in [0.29, 0.717) is 5.92 Å². The molecule has 0 amide bonds. The molecule has 2 rings (SSSR count). The van der Waals surface area contributed by atoms with Crippen molar-refractivity contribution in [2.45, 2.75) is 39.0 Å². The van der Waals surface area contributed by atoms with E-state index in [2.05, 4.69) is 25.7 Å². The Labute approximate surface area is 116 Å². The number of morpholine rings is 1. The Balaban J connectivity index is 2.15. The highest BCUT2D eigenvalue weighted by Gasteiger charge is 2.32. The van der Waals surface area contributed by atoms with Gasteiger partial charge in [-0.15, -0.1) is 0 Å². The lowest BCUT2D eigenvalue weighted by Gasteiger charge is -2.41. The van der Waals surface area contributed by atoms with Crippen LogP contribution in [0.1, 0.15) is 32.4 Å². The molecule has 3 heteroatoms. The predicted octanol–water partition coefficient (Wildman–Crippen LogP) is 2.47. The van der Waals surface area contributed by atoms with E-state index < -0.39 is 6.10 Å². The Kier molecular flexibility index (Phi) is 4.97. The molecule has 0 aliphatic carbocycles. The minimum atomic E-state index is -0.438. The summed E-state index contributed by atoms with van der Waals surface area (Å²) < 4.78 is 5.60. The fourth-order valence-electron chi connectivity index (χ4n) is 2.95. The van der Waals surface area contributed by atoms with Gasteiger partial charge in [0.15, 0.2) is 0 Å². The maximum atomic E-state index is 10.7. The van der Waals surface area contributed by atoms with Crippen LogP contribution in [-0.4, -0.2) is 41.8 Å². The molecule has 1 N–H and O–H groups in total. The number of aliphatic hydroxyl groups excluding tert-OH is 1. The fourth-order valence-corrected chi connectivity index (χ4v) is 2.95. The number of ether oxygens (including phenoxy) is 1. The van der Waals surface area contributed by atoms with Gasteiger partial charge in [-0.1, -0.05) is 44.2 Å². The molecule has 106 valence electrons. The Morgan fingerprint density at radius 1 is 1.26 bits per heavy atom. The minimum Gasteiger partial charge on any atom is -0.387 e. The third-order valence-corrected chi connectivity index (χ3v) is 3.84. The van der Waals surface area contributed by atoms with Gasteiger partial charge in [-0.05, 0) is 18.4 Å². The van der Waals surface area contributed by atoms with E-state index in [1.807, 2.05) is 30.3 Å². The Hall–Kier alpha value is -0.900. The summed E-state index contributed by atoms with van der Waals surface area (Å²) in [5.41, 5.74) is 1.00. The van der Waals surface area contributed by atoms with Crippen LogP contribution >= 0.6 is 0 Å². The maximum Gasteiger partial charge on any atom is 0.0947 e. The third kappa shape index (κ3) is 3.56. The highest BCUT2D eigenvalue weighted by Crippen LogP contribution is 2.27. The molecule has 0 radical (unpaired) electrons. The summed E-state index contributed by atoms with van der Waals surface area (Å²) in [6, 6.07) is 10.1. The summed E-state index contributed by atoms with van der Waals surface area (Å²) in [5, 5.41) is 10.7. The van der Waals surface area contributed by atoms with Crippen molar-refractivity contribution in [2.24, 2.45) is 5.92 Å². The van der Waals surface area contributed by atoms with Gasteiger partial charge in [0.05, 0.1) is 18.8 Å². The predicted molar refractivity (Wildman–Crippen MR) is 77.0 cm³/mol. The van der Waals surface area contributed by atoms with Crippen molar-refractivity contribution in [1.29, 1.82) is 0 Å². The molecule has 19 heavy (non-hydrogen) atoms. The zero-order chi connectivity index (χ0) is 13.8. The number of hydrogen-bond acceptors (Lipinski definition) is 3. The van der Waals surface area contributed by atoms with Crippen LogP contribution in [-0.2, 0) is 4.74 Å². The summed E-state index contributed by atoms with van der Waals surface area (Å²) in [6.45, 7) is 9.00. The van der Waals surface area contributed by atoms with E-state index in [1.54, 1.807) is 0 Å². The molecule has 0 bridgehead atoms. The van der Waals surface area contributed by atoms with E-state index in [0.717, 1.165) is 25.3 Å². The molecule has 3 unspecified atom stereocenters. The van der Waals surface area contributed by atoms with Gasteiger partial charge >= 0.3 is 0 Å². The summed E-state index contributed by atoms with van der Waals surface area (Å²) in [5.74, 6) is 0.403. The fraction of sp³-hybridized carbons (Fsp3) is 0.625. The monoisotopic (exact) mass is 263 g/mol. The van der Waals surface area contributed by atoms with Crippen molar-refractivity contribution >= 4 is 0 Å². The lowest BCUT2D eigenvalue weighted by Crippen LogP contribution is -2.51. The maximum absolute atomic E-state index is 10.7. The average Bonchev–Trinajstić information content (AvgIpc) is 2.39. The summed E-state index contributed by atoms with van der Waals surface area (Å²) >= 11 is 0. The minimum absolute atomic E-state index is 0.147. The molecule has 0 saturated carbocycles. The van der Waals surface area contributed by atoms with Crippen LogP contribution in [0.2, 0.25) is 0 Å². The van der Waals surface area contributed by atoms with Crippen molar-refractivity contribution in [2.75, 3.05) is 19.7 Å². The first kappa shape index (κ1) is 14.5. The molecule has 1 aromatic carbocycles. The van der Waals surface area contributed by atoms with E-state index in [1.165, 1.54) is 0 Å². The number of nitrogens with zero attached hydrogens (tertiary/aromatic N) is 1. The zero-order valence-corrected chi connectivity index (χ0v) is 12.1. The van der Waals surface area contributed by atoms with Gasteiger partial charge in [-0.25, -0.2) is 0 Å². The van der Waals surface area contributed by atoms with Crippen LogP contribution in [0.25, 0.3) is 0 Å². The first-order chi connectivity index (χ1) is 9.09. The third-order valence-electron chi connectivity index (χ3n) is 3.84. The highest BCUT2D eigenvalue weighted by molar-refractivity contribution is 5.19. The lowest BCUT2D eigenvalue weighted by molar-refractivity contribution is -0.0692. The second kappa shape index (κ2) is 6.51. The van der Waals surface area contributed by atoms with Crippen molar-refractivity contribution in [3.63, 3.8) is 0 Å². The number of hydrogen-bond donors (Lipinski definition) is 1. The van der Waals surface area contributed by atoms with Gasteiger partial charge in [0.1, 0.15) is 0 Å². The van der Waals surface area contributed by atoms with Gasteiger partial charge in [0.2, 0.25) is 0 Å². The quantitative estimate of drug-likeness (QED) is 0.906. The van der Waals surface area contributed by atoms with Crippen LogP contribution in [0.15, 0.2) is 30.3 Å². The van der Waals surface area contributed by atoms with Gasteiger partial charge < -0.3 is 9.84 Å². The van der Waals surface area contributed by atoms with Crippen LogP contribution in [0.3, 0.4) is 0 Å². The molecular formula is C16H25NO2. The van der Waals surface area contributed by atoms with Crippen molar-refractivity contribution < 1.29 is 9.84 Å². The van der Waals surface area contributed by atoms with Gasteiger partial charge in [-0.2, -0.15) is 0 Å². The second-order valence-electron chi connectivity index (χ2n) is 5.77. The van der Waals surface area contributed by atoms with Crippen molar-refractivity contribution in [3.8, 4) is 0 Å². The molecule has 1 aliphatic rings. The summed E-state index contributed by atoms with van der Waals surface area (Å²) in [4.78, 5) is 2.37. The average molecular weight is 263 g/mol.